The van der Waals surface area contributed by atoms with Crippen molar-refractivity contribution in [1.82, 2.24) is 0 Å². The highest BCUT2D eigenvalue weighted by molar-refractivity contribution is 5.71. The van der Waals surface area contributed by atoms with E-state index in [2.05, 4.69) is 81.5 Å². The van der Waals surface area contributed by atoms with Crippen LogP contribution in [-0.4, -0.2) is 37.2 Å². The maximum absolute atomic E-state index is 12.8. The van der Waals surface area contributed by atoms with Gasteiger partial charge in [-0.15, -0.1) is 0 Å². The zero-order valence-corrected chi connectivity index (χ0v) is 43.9. The van der Waals surface area contributed by atoms with Crippen LogP contribution >= 0.6 is 0 Å². The summed E-state index contributed by atoms with van der Waals surface area (Å²) in [7, 11) is 0. The van der Waals surface area contributed by atoms with Gasteiger partial charge in [-0.1, -0.05) is 261 Å². The highest BCUT2D eigenvalue weighted by Crippen LogP contribution is 2.12. The summed E-state index contributed by atoms with van der Waals surface area (Å²) in [5.74, 6) is -1.05. The van der Waals surface area contributed by atoms with Crippen LogP contribution in [0.3, 0.4) is 0 Å². The number of ether oxygens (including phenoxy) is 3. The molecule has 0 amide bonds. The van der Waals surface area contributed by atoms with E-state index in [4.69, 9.17) is 14.2 Å². The summed E-state index contributed by atoms with van der Waals surface area (Å²) >= 11 is 0. The van der Waals surface area contributed by atoms with Crippen LogP contribution in [0.5, 0.6) is 0 Å². The minimum Gasteiger partial charge on any atom is -0.462 e. The van der Waals surface area contributed by atoms with E-state index in [0.717, 1.165) is 96.3 Å². The lowest BCUT2D eigenvalue weighted by Crippen LogP contribution is -2.30. The molecule has 0 fully saturated rings. The monoisotopic (exact) mass is 959 g/mol. The molecule has 0 spiro atoms. The van der Waals surface area contributed by atoms with Gasteiger partial charge in [0.15, 0.2) is 6.10 Å². The van der Waals surface area contributed by atoms with Crippen molar-refractivity contribution in [3.8, 4) is 0 Å². The number of hydrogen-bond donors (Lipinski definition) is 0. The minimum absolute atomic E-state index is 0.132. The first kappa shape index (κ1) is 64.5. The molecule has 0 N–H and O–H groups in total. The standard InChI is InChI=1S/C64H94O6/c1-4-7-10-13-16-19-22-25-28-31-34-36-39-42-45-48-51-54-57-63(66)69-60-61(70-64(67)58-55-52-49-46-43-40-37-33-30-27-24-21-18-15-12-9-6-3)59-68-62(65)56-53-50-47-44-41-38-35-32-29-26-23-20-17-14-11-8-5-2/h8-9,11-12,14-15,17-18,20-38,40-41,43,61H,4-7,10,13,16,19,39,42,44-60H2,1-3H3/b11-8-,12-9-,17-14-,18-15-,23-20-,24-21-,25-22-,29-26-,30-27-,31-28-,35-32+,36-34-,37-33+,41-38-,43-40-. The quantitative estimate of drug-likeness (QED) is 0.0262. The second-order valence-corrected chi connectivity index (χ2v) is 17.0. The Kier molecular flexibility index (Phi) is 51.7. The Bertz CT molecular complexity index is 1720. The molecule has 0 saturated heterocycles. The van der Waals surface area contributed by atoms with E-state index in [0.29, 0.717) is 19.3 Å². The van der Waals surface area contributed by atoms with Crippen molar-refractivity contribution in [1.29, 1.82) is 0 Å². The molecule has 0 aromatic carbocycles. The predicted octanol–water partition coefficient (Wildman–Crippen LogP) is 18.1. The van der Waals surface area contributed by atoms with Crippen molar-refractivity contribution in [3.05, 3.63) is 182 Å². The minimum atomic E-state index is -0.841. The summed E-state index contributed by atoms with van der Waals surface area (Å²) in [6.07, 6.45) is 84.3. The molecule has 0 aromatic heterocycles. The first-order valence-electron chi connectivity index (χ1n) is 27.0. The first-order chi connectivity index (χ1) is 34.5. The Morgan fingerprint density at radius 3 is 0.886 bits per heavy atom. The number of unbranched alkanes of at least 4 members (excludes halogenated alkanes) is 16. The number of carbonyl (C=O) groups excluding carboxylic acids is 3. The van der Waals surface area contributed by atoms with Crippen LogP contribution in [0.15, 0.2) is 182 Å². The van der Waals surface area contributed by atoms with Gasteiger partial charge in [-0.3, -0.25) is 14.4 Å². The summed E-state index contributed by atoms with van der Waals surface area (Å²) in [6.45, 7) is 6.21. The molecule has 0 bridgehead atoms. The number of hydrogen-bond acceptors (Lipinski definition) is 6. The molecule has 0 heterocycles. The average Bonchev–Trinajstić information content (AvgIpc) is 3.36. The van der Waals surface area contributed by atoms with Gasteiger partial charge in [0.2, 0.25) is 0 Å². The Morgan fingerprint density at radius 1 is 0.300 bits per heavy atom. The largest absolute Gasteiger partial charge is 0.462 e. The van der Waals surface area contributed by atoms with Crippen LogP contribution < -0.4 is 0 Å². The van der Waals surface area contributed by atoms with Crippen LogP contribution in [-0.2, 0) is 28.6 Å². The third kappa shape index (κ3) is 53.5. The molecule has 0 saturated carbocycles. The van der Waals surface area contributed by atoms with Crippen LogP contribution in [0, 0.1) is 0 Å². The molecule has 0 rings (SSSR count). The molecular weight excluding hydrogens is 865 g/mol. The SMILES string of the molecule is CC\C=C/C=C\C=C/C=C\C=C\C=C/CCCCCC(=O)OCC(COC(=O)CCCCCCC\C=C/C=C\C=C/CCCCCCC)OC(=O)CCCCC\C=C/C=C/C=C\C=C/C=C\C=C/CC. The Hall–Kier alpha value is -5.49. The van der Waals surface area contributed by atoms with Crippen molar-refractivity contribution < 1.29 is 28.6 Å². The molecule has 70 heavy (non-hydrogen) atoms. The van der Waals surface area contributed by atoms with Gasteiger partial charge in [-0.25, -0.2) is 0 Å². The molecule has 1 unspecified atom stereocenters. The number of rotatable bonds is 45. The molecule has 0 aliphatic carbocycles. The summed E-state index contributed by atoms with van der Waals surface area (Å²) < 4.78 is 16.7. The van der Waals surface area contributed by atoms with Crippen molar-refractivity contribution in [2.75, 3.05) is 13.2 Å². The fourth-order valence-corrected chi connectivity index (χ4v) is 6.50. The van der Waals surface area contributed by atoms with Crippen molar-refractivity contribution >= 4 is 17.9 Å². The van der Waals surface area contributed by atoms with Gasteiger partial charge in [-0.2, -0.15) is 0 Å². The van der Waals surface area contributed by atoms with Crippen LogP contribution in [0.25, 0.3) is 0 Å². The summed E-state index contributed by atoms with van der Waals surface area (Å²) in [5, 5.41) is 0. The Labute approximate surface area is 427 Å². The van der Waals surface area contributed by atoms with E-state index in [1.54, 1.807) is 0 Å². The van der Waals surface area contributed by atoms with E-state index < -0.39 is 6.10 Å². The molecule has 0 aliphatic rings. The highest BCUT2D eigenvalue weighted by Gasteiger charge is 2.19. The van der Waals surface area contributed by atoms with Gasteiger partial charge in [0.05, 0.1) is 0 Å². The van der Waals surface area contributed by atoms with E-state index in [9.17, 15) is 14.4 Å². The fraction of sp³-hybridized carbons (Fsp3) is 0.484. The molecular formula is C64H94O6. The molecule has 6 heteroatoms. The molecule has 0 radical (unpaired) electrons. The van der Waals surface area contributed by atoms with Crippen molar-refractivity contribution in [2.45, 2.75) is 187 Å². The topological polar surface area (TPSA) is 78.9 Å². The zero-order valence-electron chi connectivity index (χ0n) is 43.9. The summed E-state index contributed by atoms with van der Waals surface area (Å²) in [5.41, 5.74) is 0. The molecule has 0 aromatic rings. The van der Waals surface area contributed by atoms with E-state index in [1.165, 1.54) is 32.1 Å². The van der Waals surface area contributed by atoms with Gasteiger partial charge in [0.1, 0.15) is 13.2 Å². The lowest BCUT2D eigenvalue weighted by molar-refractivity contribution is -0.167. The second-order valence-electron chi connectivity index (χ2n) is 17.0. The molecule has 386 valence electrons. The van der Waals surface area contributed by atoms with Crippen molar-refractivity contribution in [3.63, 3.8) is 0 Å². The average molecular weight is 959 g/mol. The lowest BCUT2D eigenvalue weighted by atomic mass is 10.1. The van der Waals surface area contributed by atoms with Crippen LogP contribution in [0.2, 0.25) is 0 Å². The fourth-order valence-electron chi connectivity index (χ4n) is 6.50. The van der Waals surface area contributed by atoms with Gasteiger partial charge < -0.3 is 14.2 Å². The molecule has 6 nitrogen and oxygen atoms in total. The zero-order chi connectivity index (χ0) is 50.7. The van der Waals surface area contributed by atoms with E-state index in [1.807, 2.05) is 122 Å². The second kappa shape index (κ2) is 56.1. The maximum Gasteiger partial charge on any atom is 0.306 e. The lowest BCUT2D eigenvalue weighted by Gasteiger charge is -2.18. The third-order valence-electron chi connectivity index (χ3n) is 10.5. The smallest absolute Gasteiger partial charge is 0.306 e. The molecule has 0 aliphatic heterocycles. The highest BCUT2D eigenvalue weighted by atomic mass is 16.6. The maximum atomic E-state index is 12.8. The predicted molar refractivity (Wildman–Crippen MR) is 301 cm³/mol. The number of carbonyl (C=O) groups is 3. The van der Waals surface area contributed by atoms with Gasteiger partial charge >= 0.3 is 17.9 Å². The Morgan fingerprint density at radius 2 is 0.557 bits per heavy atom. The van der Waals surface area contributed by atoms with E-state index >= 15 is 0 Å². The van der Waals surface area contributed by atoms with Crippen LogP contribution in [0.4, 0.5) is 0 Å². The molecule has 1 atom stereocenters. The Balaban J connectivity index is 4.66. The van der Waals surface area contributed by atoms with Gasteiger partial charge in [0, 0.05) is 19.3 Å². The van der Waals surface area contributed by atoms with Crippen LogP contribution in [0.1, 0.15) is 181 Å². The van der Waals surface area contributed by atoms with Crippen molar-refractivity contribution in [2.24, 2.45) is 0 Å². The normalized spacial score (nSPS) is 13.6. The summed E-state index contributed by atoms with van der Waals surface area (Å²) in [4.78, 5) is 38.1. The number of esters is 3. The number of allylic oxidation sites excluding steroid dienone is 30. The van der Waals surface area contributed by atoms with Gasteiger partial charge in [0.25, 0.3) is 0 Å². The third-order valence-corrected chi connectivity index (χ3v) is 10.5. The van der Waals surface area contributed by atoms with Gasteiger partial charge in [-0.05, 0) is 83.5 Å². The first-order valence-corrected chi connectivity index (χ1v) is 27.0. The summed E-state index contributed by atoms with van der Waals surface area (Å²) in [6, 6.07) is 0. The van der Waals surface area contributed by atoms with E-state index in [-0.39, 0.29) is 44.0 Å².